The summed E-state index contributed by atoms with van der Waals surface area (Å²) in [6.45, 7) is 0.651. The van der Waals surface area contributed by atoms with E-state index in [2.05, 4.69) is 15.3 Å². The molecule has 4 aromatic rings. The number of rotatable bonds is 3. The zero-order valence-electron chi connectivity index (χ0n) is 15.9. The second-order valence-electron chi connectivity index (χ2n) is 7.59. The van der Waals surface area contributed by atoms with Crippen LogP contribution in [0.5, 0.6) is 0 Å². The smallest absolute Gasteiger partial charge is 0.228 e. The highest BCUT2D eigenvalue weighted by atomic mass is 19.1. The van der Waals surface area contributed by atoms with Crippen molar-refractivity contribution in [1.29, 1.82) is 0 Å². The van der Waals surface area contributed by atoms with E-state index in [1.807, 2.05) is 45.8 Å². The lowest BCUT2D eigenvalue weighted by atomic mass is 10.0. The molecule has 6 rings (SSSR count). The Labute approximate surface area is 171 Å². The third-order valence-electron chi connectivity index (χ3n) is 5.62. The minimum absolute atomic E-state index is 0.000282. The van der Waals surface area contributed by atoms with Crippen LogP contribution in [0.4, 0.5) is 15.9 Å². The molecule has 1 N–H and O–H groups in total. The average Bonchev–Trinajstić information content (AvgIpc) is 3.31. The number of imidazole rings is 1. The van der Waals surface area contributed by atoms with Gasteiger partial charge in [-0.05, 0) is 29.8 Å². The third-order valence-corrected chi connectivity index (χ3v) is 5.62. The Bertz CT molecular complexity index is 1300. The summed E-state index contributed by atoms with van der Waals surface area (Å²) < 4.78 is 15.5. The van der Waals surface area contributed by atoms with Gasteiger partial charge in [0.1, 0.15) is 6.17 Å². The van der Waals surface area contributed by atoms with Crippen molar-refractivity contribution in [3.8, 4) is 22.5 Å². The van der Waals surface area contributed by atoms with Gasteiger partial charge in [-0.3, -0.25) is 14.2 Å². The van der Waals surface area contributed by atoms with Gasteiger partial charge in [-0.2, -0.15) is 0 Å². The van der Waals surface area contributed by atoms with Crippen LogP contribution in [0.25, 0.3) is 28.2 Å². The molecule has 0 spiro atoms. The van der Waals surface area contributed by atoms with Crippen molar-refractivity contribution < 1.29 is 9.18 Å². The van der Waals surface area contributed by atoms with Gasteiger partial charge in [0, 0.05) is 41.6 Å². The molecule has 0 atom stereocenters. The van der Waals surface area contributed by atoms with Gasteiger partial charge in [-0.25, -0.2) is 14.4 Å². The molecule has 0 saturated carbocycles. The van der Waals surface area contributed by atoms with E-state index in [4.69, 9.17) is 4.98 Å². The Kier molecular flexibility index (Phi) is 3.61. The van der Waals surface area contributed by atoms with E-state index >= 15 is 0 Å². The number of fused-ring (bicyclic) bond motifs is 2. The van der Waals surface area contributed by atoms with E-state index in [1.165, 1.54) is 0 Å². The molecule has 2 aliphatic rings. The van der Waals surface area contributed by atoms with Crippen molar-refractivity contribution in [2.75, 3.05) is 23.3 Å². The molecule has 8 heteroatoms. The van der Waals surface area contributed by atoms with E-state index in [-0.39, 0.29) is 5.91 Å². The molecule has 3 aromatic heterocycles. The lowest BCUT2D eigenvalue weighted by Gasteiger charge is -2.35. The van der Waals surface area contributed by atoms with Gasteiger partial charge in [0.2, 0.25) is 5.91 Å². The first-order valence-corrected chi connectivity index (χ1v) is 9.77. The van der Waals surface area contributed by atoms with E-state index in [1.54, 1.807) is 18.6 Å². The molecule has 0 unspecified atom stereocenters. The third kappa shape index (κ3) is 2.57. The monoisotopic (exact) mass is 400 g/mol. The van der Waals surface area contributed by atoms with Gasteiger partial charge in [-0.1, -0.05) is 6.07 Å². The molecule has 148 valence electrons. The fourth-order valence-electron chi connectivity index (χ4n) is 4.15. The van der Waals surface area contributed by atoms with Gasteiger partial charge in [-0.15, -0.1) is 0 Å². The molecule has 1 saturated heterocycles. The molecule has 2 aliphatic heterocycles. The number of benzene rings is 1. The lowest BCUT2D eigenvalue weighted by molar-refractivity contribution is -0.115. The van der Waals surface area contributed by atoms with E-state index in [0.717, 1.165) is 33.8 Å². The Morgan fingerprint density at radius 3 is 2.70 bits per heavy atom. The predicted molar refractivity (Wildman–Crippen MR) is 111 cm³/mol. The number of carbonyl (C=O) groups excluding carboxylic acids is 1. The zero-order chi connectivity index (χ0) is 20.2. The summed E-state index contributed by atoms with van der Waals surface area (Å²) in [7, 11) is 0. The normalized spacial score (nSPS) is 15.9. The number of hydrogen-bond donors (Lipinski definition) is 1. The van der Waals surface area contributed by atoms with E-state index < -0.39 is 6.17 Å². The molecule has 30 heavy (non-hydrogen) atoms. The first-order valence-electron chi connectivity index (χ1n) is 9.77. The summed E-state index contributed by atoms with van der Waals surface area (Å²) in [6.07, 6.45) is 6.59. The number of anilines is 2. The van der Waals surface area contributed by atoms with Crippen LogP contribution >= 0.6 is 0 Å². The van der Waals surface area contributed by atoms with Crippen LogP contribution in [0.15, 0.2) is 55.1 Å². The van der Waals surface area contributed by atoms with Crippen molar-refractivity contribution in [3.63, 3.8) is 0 Å². The van der Waals surface area contributed by atoms with Gasteiger partial charge < -0.3 is 10.2 Å². The number of nitrogens with zero attached hydrogens (tertiary/aromatic N) is 5. The van der Waals surface area contributed by atoms with Gasteiger partial charge in [0.15, 0.2) is 11.5 Å². The summed E-state index contributed by atoms with van der Waals surface area (Å²) in [4.78, 5) is 27.2. The predicted octanol–water partition coefficient (Wildman–Crippen LogP) is 3.11. The SMILES string of the molecule is O=C1Cc2cc(-c3c(-c4ccncc4)nc4c(N5CC(F)C5)nccn34)ccc2N1. The highest BCUT2D eigenvalue weighted by Gasteiger charge is 2.30. The minimum Gasteiger partial charge on any atom is -0.348 e. The standard InChI is InChI=1S/C22H17FN6O/c23-16-11-28(12-16)21-22-27-19(13-3-5-24-6-4-13)20(29(22)8-7-25-21)14-1-2-17-15(9-14)10-18(30)26-17/h1-9,16H,10-12H2,(H,26,30). The van der Waals surface area contributed by atoms with Crippen LogP contribution in [0.2, 0.25) is 0 Å². The number of pyridine rings is 1. The average molecular weight is 400 g/mol. The number of halogens is 1. The van der Waals surface area contributed by atoms with Crippen LogP contribution < -0.4 is 10.2 Å². The van der Waals surface area contributed by atoms with Crippen molar-refractivity contribution >= 4 is 23.1 Å². The fraction of sp³-hybridized carbons (Fsp3) is 0.182. The maximum Gasteiger partial charge on any atom is 0.228 e. The van der Waals surface area contributed by atoms with Gasteiger partial charge >= 0.3 is 0 Å². The molecule has 5 heterocycles. The number of carbonyl (C=O) groups is 1. The molecule has 1 aromatic carbocycles. The number of hydrogen-bond acceptors (Lipinski definition) is 5. The Morgan fingerprint density at radius 2 is 1.90 bits per heavy atom. The summed E-state index contributed by atoms with van der Waals surface area (Å²) in [5.74, 6) is 0.672. The van der Waals surface area contributed by atoms with Crippen LogP contribution in [-0.4, -0.2) is 44.5 Å². The van der Waals surface area contributed by atoms with Gasteiger partial charge in [0.05, 0.1) is 30.9 Å². The van der Waals surface area contributed by atoms with E-state index in [0.29, 0.717) is 31.0 Å². The molecular weight excluding hydrogens is 383 g/mol. The summed E-state index contributed by atoms with van der Waals surface area (Å²) >= 11 is 0. The molecule has 0 aliphatic carbocycles. The van der Waals surface area contributed by atoms with Crippen LogP contribution in [0, 0.1) is 0 Å². The van der Waals surface area contributed by atoms with Crippen molar-refractivity contribution in [2.24, 2.45) is 0 Å². The largest absolute Gasteiger partial charge is 0.348 e. The van der Waals surface area contributed by atoms with Crippen LogP contribution in [-0.2, 0) is 11.2 Å². The molecule has 1 amide bonds. The van der Waals surface area contributed by atoms with Crippen molar-refractivity contribution in [3.05, 3.63) is 60.7 Å². The number of nitrogens with one attached hydrogen (secondary N) is 1. The highest BCUT2D eigenvalue weighted by Crippen LogP contribution is 2.37. The Hall–Kier alpha value is -3.81. The molecule has 1 fully saturated rings. The quantitative estimate of drug-likeness (QED) is 0.572. The maximum atomic E-state index is 13.5. The van der Waals surface area contributed by atoms with Crippen molar-refractivity contribution in [1.82, 2.24) is 19.4 Å². The fourth-order valence-corrected chi connectivity index (χ4v) is 4.15. The number of amides is 1. The second kappa shape index (κ2) is 6.35. The topological polar surface area (TPSA) is 75.4 Å². The Balaban J connectivity index is 1.59. The molecule has 0 radical (unpaired) electrons. The summed E-state index contributed by atoms with van der Waals surface area (Å²) in [5.41, 5.74) is 6.07. The van der Waals surface area contributed by atoms with Gasteiger partial charge in [0.25, 0.3) is 0 Å². The first kappa shape index (κ1) is 17.1. The van der Waals surface area contributed by atoms with Crippen LogP contribution in [0.1, 0.15) is 5.56 Å². The van der Waals surface area contributed by atoms with Crippen molar-refractivity contribution in [2.45, 2.75) is 12.6 Å². The second-order valence-corrected chi connectivity index (χ2v) is 7.59. The first-order chi connectivity index (χ1) is 14.7. The molecule has 7 nitrogen and oxygen atoms in total. The Morgan fingerprint density at radius 1 is 1.07 bits per heavy atom. The van der Waals surface area contributed by atoms with Crippen LogP contribution in [0.3, 0.4) is 0 Å². The molecular formula is C22H17FN6O. The van der Waals surface area contributed by atoms with E-state index in [9.17, 15) is 9.18 Å². The zero-order valence-corrected chi connectivity index (χ0v) is 15.9. The molecule has 0 bridgehead atoms. The number of alkyl halides is 1. The minimum atomic E-state index is -0.831. The maximum absolute atomic E-state index is 13.5. The lowest BCUT2D eigenvalue weighted by Crippen LogP contribution is -2.49. The summed E-state index contributed by atoms with van der Waals surface area (Å²) in [5, 5.41) is 2.87. The summed E-state index contributed by atoms with van der Waals surface area (Å²) in [6, 6.07) is 9.77. The highest BCUT2D eigenvalue weighted by molar-refractivity contribution is 6.00. The number of aromatic nitrogens is 4.